The summed E-state index contributed by atoms with van der Waals surface area (Å²) in [7, 11) is -1.32. The van der Waals surface area contributed by atoms with Gasteiger partial charge in [-0.05, 0) is 31.9 Å². The summed E-state index contributed by atoms with van der Waals surface area (Å²) in [6, 6.07) is 14.9. The molecule has 0 heterocycles. The van der Waals surface area contributed by atoms with Gasteiger partial charge in [-0.3, -0.25) is 9.00 Å². The second-order valence-corrected chi connectivity index (χ2v) is 6.80. The number of hydrogen-bond donors (Lipinski definition) is 0. The Kier molecular flexibility index (Phi) is 5.07. The van der Waals surface area contributed by atoms with Crippen molar-refractivity contribution in [1.82, 2.24) is 0 Å². The van der Waals surface area contributed by atoms with Gasteiger partial charge in [0.05, 0.1) is 10.8 Å². The van der Waals surface area contributed by atoms with Gasteiger partial charge >= 0.3 is 0 Å². The number of rotatable bonds is 5. The minimum Gasteiger partial charge on any atom is -0.293 e. The van der Waals surface area contributed by atoms with E-state index < -0.39 is 16.0 Å². The minimum atomic E-state index is -1.32. The summed E-state index contributed by atoms with van der Waals surface area (Å²) in [5, 5.41) is -0.492. The number of ketones is 1. The van der Waals surface area contributed by atoms with Gasteiger partial charge in [-0.1, -0.05) is 55.0 Å². The molecule has 110 valence electrons. The lowest BCUT2D eigenvalue weighted by Gasteiger charge is -2.15. The smallest absolute Gasteiger partial charge is 0.178 e. The van der Waals surface area contributed by atoms with Gasteiger partial charge in [0.2, 0.25) is 0 Å². The highest BCUT2D eigenvalue weighted by Crippen LogP contribution is 2.22. The van der Waals surface area contributed by atoms with Crippen molar-refractivity contribution in [3.8, 4) is 0 Å². The van der Waals surface area contributed by atoms with E-state index in [4.69, 9.17) is 0 Å². The van der Waals surface area contributed by atoms with E-state index in [1.165, 1.54) is 0 Å². The first-order valence-corrected chi connectivity index (χ1v) is 8.33. The summed E-state index contributed by atoms with van der Waals surface area (Å²) in [4.78, 5) is 13.3. The van der Waals surface area contributed by atoms with Crippen LogP contribution in [0.5, 0.6) is 0 Å². The van der Waals surface area contributed by atoms with Crippen LogP contribution in [0.15, 0.2) is 53.4 Å². The molecule has 2 rings (SSSR count). The molecule has 2 aromatic carbocycles. The maximum absolute atomic E-state index is 12.8. The highest BCUT2D eigenvalue weighted by Gasteiger charge is 2.26. The van der Waals surface area contributed by atoms with Crippen LogP contribution in [0.2, 0.25) is 0 Å². The van der Waals surface area contributed by atoms with Crippen LogP contribution in [-0.2, 0) is 10.8 Å². The molecule has 0 amide bonds. The largest absolute Gasteiger partial charge is 0.293 e. The van der Waals surface area contributed by atoms with E-state index in [-0.39, 0.29) is 5.78 Å². The molecule has 0 saturated heterocycles. The van der Waals surface area contributed by atoms with Crippen molar-refractivity contribution < 1.29 is 9.00 Å². The summed E-state index contributed by atoms with van der Waals surface area (Å²) in [5.41, 5.74) is 2.74. The first kappa shape index (κ1) is 15.6. The Morgan fingerprint density at radius 2 is 1.76 bits per heavy atom. The fourth-order valence-electron chi connectivity index (χ4n) is 2.40. The molecule has 0 fully saturated rings. The van der Waals surface area contributed by atoms with E-state index in [1.807, 2.05) is 57.2 Å². The predicted molar refractivity (Wildman–Crippen MR) is 87.2 cm³/mol. The number of aryl methyl sites for hydroxylation is 2. The van der Waals surface area contributed by atoms with Crippen molar-refractivity contribution >= 4 is 16.6 Å². The van der Waals surface area contributed by atoms with Gasteiger partial charge in [0, 0.05) is 10.5 Å². The maximum Gasteiger partial charge on any atom is 0.178 e. The quantitative estimate of drug-likeness (QED) is 0.780. The molecular weight excluding hydrogens is 280 g/mol. The highest BCUT2D eigenvalue weighted by atomic mass is 32.2. The summed E-state index contributed by atoms with van der Waals surface area (Å²) in [6.07, 6.45) is 0.563. The third kappa shape index (κ3) is 3.48. The Morgan fingerprint density at radius 1 is 1.10 bits per heavy atom. The molecule has 0 saturated carbocycles. The summed E-state index contributed by atoms with van der Waals surface area (Å²) in [6.45, 7) is 5.86. The molecule has 2 aromatic rings. The van der Waals surface area contributed by atoms with Crippen LogP contribution in [0, 0.1) is 13.8 Å². The van der Waals surface area contributed by atoms with E-state index in [1.54, 1.807) is 12.1 Å². The van der Waals surface area contributed by atoms with Crippen molar-refractivity contribution in [2.45, 2.75) is 37.3 Å². The zero-order chi connectivity index (χ0) is 15.4. The molecule has 2 atom stereocenters. The zero-order valence-electron chi connectivity index (χ0n) is 12.6. The lowest BCUT2D eigenvalue weighted by atomic mass is 10.1. The third-order valence-corrected chi connectivity index (χ3v) is 5.48. The van der Waals surface area contributed by atoms with Crippen molar-refractivity contribution in [2.75, 3.05) is 0 Å². The average molecular weight is 300 g/mol. The fourth-order valence-corrected chi connectivity index (χ4v) is 3.92. The number of carbonyl (C=O) groups is 1. The van der Waals surface area contributed by atoms with Crippen molar-refractivity contribution in [3.63, 3.8) is 0 Å². The normalized spacial score (nSPS) is 13.7. The standard InChI is InChI=1S/C18H20O2S/c1-4-16(18(19)15-8-6-5-7-9-15)21(20)17-11-10-13(2)12-14(17)3/h5-12,16H,4H2,1-3H3. The van der Waals surface area contributed by atoms with Crippen LogP contribution in [0.1, 0.15) is 34.8 Å². The van der Waals surface area contributed by atoms with E-state index >= 15 is 0 Å². The molecule has 2 nitrogen and oxygen atoms in total. The van der Waals surface area contributed by atoms with Crippen molar-refractivity contribution in [3.05, 3.63) is 65.2 Å². The molecule has 0 aliphatic heterocycles. The molecular formula is C18H20O2S. The molecule has 0 aliphatic rings. The van der Waals surface area contributed by atoms with Crippen molar-refractivity contribution in [1.29, 1.82) is 0 Å². The SMILES string of the molecule is CCC(C(=O)c1ccccc1)S(=O)c1ccc(C)cc1C. The summed E-state index contributed by atoms with van der Waals surface area (Å²) in [5.74, 6) is -0.0450. The number of hydrogen-bond acceptors (Lipinski definition) is 2. The average Bonchev–Trinajstić information content (AvgIpc) is 2.48. The van der Waals surface area contributed by atoms with Gasteiger partial charge in [0.25, 0.3) is 0 Å². The highest BCUT2D eigenvalue weighted by molar-refractivity contribution is 7.86. The summed E-state index contributed by atoms with van der Waals surface area (Å²) >= 11 is 0. The molecule has 2 unspecified atom stereocenters. The Labute approximate surface area is 128 Å². The van der Waals surface area contributed by atoms with Gasteiger partial charge in [-0.15, -0.1) is 0 Å². The number of Topliss-reactive ketones (excluding diaryl/α,β-unsaturated/α-hetero) is 1. The molecule has 21 heavy (non-hydrogen) atoms. The van der Waals surface area contributed by atoms with Gasteiger partial charge in [0.15, 0.2) is 5.78 Å². The molecule has 0 radical (unpaired) electrons. The number of benzene rings is 2. The van der Waals surface area contributed by atoms with E-state index in [0.717, 1.165) is 16.0 Å². The number of carbonyl (C=O) groups excluding carboxylic acids is 1. The second kappa shape index (κ2) is 6.81. The van der Waals surface area contributed by atoms with Crippen LogP contribution in [0.3, 0.4) is 0 Å². The summed E-state index contributed by atoms with van der Waals surface area (Å²) < 4.78 is 12.8. The van der Waals surface area contributed by atoms with Gasteiger partial charge < -0.3 is 0 Å². The molecule has 0 aliphatic carbocycles. The molecule has 0 aromatic heterocycles. The minimum absolute atomic E-state index is 0.0450. The Balaban J connectivity index is 2.33. The second-order valence-electron chi connectivity index (χ2n) is 5.19. The van der Waals surface area contributed by atoms with Crippen LogP contribution in [-0.4, -0.2) is 15.2 Å². The Bertz CT molecular complexity index is 662. The van der Waals surface area contributed by atoms with Crippen LogP contribution < -0.4 is 0 Å². The zero-order valence-corrected chi connectivity index (χ0v) is 13.4. The van der Waals surface area contributed by atoms with E-state index in [2.05, 4.69) is 0 Å². The lowest BCUT2D eigenvalue weighted by Crippen LogP contribution is -2.26. The first-order chi connectivity index (χ1) is 10.0. The Morgan fingerprint density at radius 3 is 2.33 bits per heavy atom. The molecule has 0 N–H and O–H groups in total. The van der Waals surface area contributed by atoms with E-state index in [9.17, 15) is 9.00 Å². The van der Waals surface area contributed by atoms with Gasteiger partial charge in [-0.25, -0.2) is 0 Å². The fraction of sp³-hybridized carbons (Fsp3) is 0.278. The van der Waals surface area contributed by atoms with Crippen molar-refractivity contribution in [2.24, 2.45) is 0 Å². The maximum atomic E-state index is 12.8. The van der Waals surface area contributed by atoms with E-state index in [0.29, 0.717) is 12.0 Å². The predicted octanol–water partition coefficient (Wildman–Crippen LogP) is 4.07. The van der Waals surface area contributed by atoms with Gasteiger partial charge in [0.1, 0.15) is 5.25 Å². The topological polar surface area (TPSA) is 34.1 Å². The van der Waals surface area contributed by atoms with Gasteiger partial charge in [-0.2, -0.15) is 0 Å². The first-order valence-electron chi connectivity index (χ1n) is 7.11. The monoisotopic (exact) mass is 300 g/mol. The third-order valence-electron chi connectivity index (χ3n) is 3.53. The van der Waals surface area contributed by atoms with Crippen LogP contribution >= 0.6 is 0 Å². The molecule has 0 spiro atoms. The van der Waals surface area contributed by atoms with Crippen LogP contribution in [0.25, 0.3) is 0 Å². The molecule has 0 bridgehead atoms. The molecule has 3 heteroatoms. The van der Waals surface area contributed by atoms with Crippen LogP contribution in [0.4, 0.5) is 0 Å². The Hall–Kier alpha value is -1.74. The lowest BCUT2D eigenvalue weighted by molar-refractivity contribution is 0.0986.